The van der Waals surface area contributed by atoms with Gasteiger partial charge in [0.15, 0.2) is 5.13 Å². The fourth-order valence-electron chi connectivity index (χ4n) is 3.48. The van der Waals surface area contributed by atoms with Crippen LogP contribution in [0, 0.1) is 6.92 Å². The van der Waals surface area contributed by atoms with Gasteiger partial charge in [0.1, 0.15) is 0 Å². The Balaban J connectivity index is 1.45. The lowest BCUT2D eigenvalue weighted by Gasteiger charge is -2.23. The molecular formula is C21H22N4OS. The highest BCUT2D eigenvalue weighted by Crippen LogP contribution is 2.34. The predicted molar refractivity (Wildman–Crippen MR) is 108 cm³/mol. The monoisotopic (exact) mass is 378 g/mol. The van der Waals surface area contributed by atoms with Gasteiger partial charge in [0.05, 0.1) is 17.4 Å². The summed E-state index contributed by atoms with van der Waals surface area (Å²) in [5.41, 5.74) is 4.02. The number of nitrogens with zero attached hydrogens (tertiary/aromatic N) is 3. The maximum atomic E-state index is 12.3. The van der Waals surface area contributed by atoms with Gasteiger partial charge in [-0.3, -0.25) is 20.0 Å². The van der Waals surface area contributed by atoms with Gasteiger partial charge in [0, 0.05) is 23.7 Å². The molecule has 1 fully saturated rings. The van der Waals surface area contributed by atoms with Crippen molar-refractivity contribution in [3.8, 4) is 0 Å². The van der Waals surface area contributed by atoms with Crippen molar-refractivity contribution < 1.29 is 4.79 Å². The number of thiazole rings is 1. The molecule has 138 valence electrons. The van der Waals surface area contributed by atoms with E-state index in [0.717, 1.165) is 37.3 Å². The molecule has 1 N–H and O–H groups in total. The van der Waals surface area contributed by atoms with Crippen molar-refractivity contribution in [3.63, 3.8) is 0 Å². The lowest BCUT2D eigenvalue weighted by atomic mass is 10.1. The minimum Gasteiger partial charge on any atom is -0.298 e. The number of carbonyl (C=O) groups excluding carboxylic acids is 1. The molecule has 1 aliphatic rings. The van der Waals surface area contributed by atoms with Crippen LogP contribution in [0.15, 0.2) is 54.0 Å². The first kappa shape index (κ1) is 17.8. The number of aromatic nitrogens is 2. The van der Waals surface area contributed by atoms with Crippen LogP contribution in [0.25, 0.3) is 0 Å². The Hall–Kier alpha value is -2.57. The third-order valence-electron chi connectivity index (χ3n) is 4.95. The number of aryl methyl sites for hydroxylation is 1. The SMILES string of the molecule is Cc1cccnc1CN1CCC[C@H]1c1csc(NC(=O)c2ccccc2)n1. The molecule has 0 unspecified atom stereocenters. The lowest BCUT2D eigenvalue weighted by molar-refractivity contribution is 0.102. The number of hydrogen-bond acceptors (Lipinski definition) is 5. The first-order valence-electron chi connectivity index (χ1n) is 9.17. The zero-order chi connectivity index (χ0) is 18.6. The van der Waals surface area contributed by atoms with E-state index in [1.165, 1.54) is 16.9 Å². The van der Waals surface area contributed by atoms with Crippen molar-refractivity contribution in [2.45, 2.75) is 32.4 Å². The number of pyridine rings is 1. The van der Waals surface area contributed by atoms with Gasteiger partial charge in [-0.15, -0.1) is 11.3 Å². The highest BCUT2D eigenvalue weighted by Gasteiger charge is 2.28. The summed E-state index contributed by atoms with van der Waals surface area (Å²) in [6.45, 7) is 3.98. The van der Waals surface area contributed by atoms with Crippen LogP contribution in [0.4, 0.5) is 5.13 Å². The Bertz CT molecular complexity index is 925. The molecule has 27 heavy (non-hydrogen) atoms. The first-order chi connectivity index (χ1) is 13.2. The highest BCUT2D eigenvalue weighted by molar-refractivity contribution is 7.14. The van der Waals surface area contributed by atoms with E-state index in [-0.39, 0.29) is 11.9 Å². The summed E-state index contributed by atoms with van der Waals surface area (Å²) in [7, 11) is 0. The maximum Gasteiger partial charge on any atom is 0.257 e. The van der Waals surface area contributed by atoms with E-state index < -0.39 is 0 Å². The van der Waals surface area contributed by atoms with E-state index in [1.807, 2.05) is 30.5 Å². The molecule has 0 aliphatic carbocycles. The minimum atomic E-state index is -0.121. The molecule has 3 heterocycles. The Morgan fingerprint density at radius 3 is 2.93 bits per heavy atom. The van der Waals surface area contributed by atoms with Crippen LogP contribution in [0.3, 0.4) is 0 Å². The van der Waals surface area contributed by atoms with Crippen LogP contribution in [0.2, 0.25) is 0 Å². The van der Waals surface area contributed by atoms with E-state index in [4.69, 9.17) is 4.98 Å². The normalized spacial score (nSPS) is 17.1. The van der Waals surface area contributed by atoms with Crippen molar-refractivity contribution in [2.24, 2.45) is 0 Å². The van der Waals surface area contributed by atoms with E-state index in [0.29, 0.717) is 10.7 Å². The second kappa shape index (κ2) is 7.98. The molecule has 4 rings (SSSR count). The molecule has 6 heteroatoms. The molecule has 0 bridgehead atoms. The third-order valence-corrected chi connectivity index (χ3v) is 5.73. The largest absolute Gasteiger partial charge is 0.298 e. The number of amides is 1. The molecule has 1 amide bonds. The van der Waals surface area contributed by atoms with Crippen LogP contribution in [0.5, 0.6) is 0 Å². The number of anilines is 1. The van der Waals surface area contributed by atoms with Crippen LogP contribution >= 0.6 is 11.3 Å². The van der Waals surface area contributed by atoms with Crippen LogP contribution in [-0.4, -0.2) is 27.3 Å². The fourth-order valence-corrected chi connectivity index (χ4v) is 4.23. The minimum absolute atomic E-state index is 0.121. The van der Waals surface area contributed by atoms with Gasteiger partial charge in [-0.2, -0.15) is 0 Å². The molecule has 0 spiro atoms. The molecule has 1 aromatic carbocycles. The number of rotatable bonds is 5. The summed E-state index contributed by atoms with van der Waals surface area (Å²) in [5.74, 6) is -0.121. The van der Waals surface area contributed by atoms with Gasteiger partial charge in [-0.05, 0) is 50.1 Å². The summed E-state index contributed by atoms with van der Waals surface area (Å²) >= 11 is 1.49. The number of benzene rings is 1. The van der Waals surface area contributed by atoms with Gasteiger partial charge < -0.3 is 0 Å². The molecule has 0 saturated carbocycles. The molecule has 2 aromatic heterocycles. The Kier molecular flexibility index (Phi) is 5.27. The lowest BCUT2D eigenvalue weighted by Crippen LogP contribution is -2.24. The van der Waals surface area contributed by atoms with E-state index in [9.17, 15) is 4.79 Å². The molecular weight excluding hydrogens is 356 g/mol. The van der Waals surface area contributed by atoms with Crippen molar-refractivity contribution in [1.29, 1.82) is 0 Å². The number of nitrogens with one attached hydrogen (secondary N) is 1. The quantitative estimate of drug-likeness (QED) is 0.713. The second-order valence-corrected chi connectivity index (χ2v) is 7.65. The Labute approximate surface area is 163 Å². The average Bonchev–Trinajstić information content (AvgIpc) is 3.33. The predicted octanol–water partition coefficient (Wildman–Crippen LogP) is 4.44. The Morgan fingerprint density at radius 2 is 2.11 bits per heavy atom. The highest BCUT2D eigenvalue weighted by atomic mass is 32.1. The summed E-state index contributed by atoms with van der Waals surface area (Å²) < 4.78 is 0. The summed E-state index contributed by atoms with van der Waals surface area (Å²) in [6.07, 6.45) is 4.09. The van der Waals surface area contributed by atoms with E-state index >= 15 is 0 Å². The molecule has 3 aromatic rings. The maximum absolute atomic E-state index is 12.3. The topological polar surface area (TPSA) is 58.1 Å². The molecule has 0 radical (unpaired) electrons. The van der Waals surface area contributed by atoms with E-state index in [1.54, 1.807) is 12.1 Å². The molecule has 1 atom stereocenters. The standard InChI is InChI=1S/C21H22N4OS/c1-15-7-5-11-22-17(15)13-25-12-6-10-19(25)18-14-27-21(23-18)24-20(26)16-8-3-2-4-9-16/h2-5,7-9,11,14,19H,6,10,12-13H2,1H3,(H,23,24,26)/t19-/m0/s1. The van der Waals surface area contributed by atoms with Crippen LogP contribution in [0.1, 0.15) is 46.2 Å². The second-order valence-electron chi connectivity index (χ2n) is 6.79. The summed E-state index contributed by atoms with van der Waals surface area (Å²) in [5, 5.41) is 5.63. The Morgan fingerprint density at radius 1 is 1.26 bits per heavy atom. The number of likely N-dealkylation sites (tertiary alicyclic amines) is 1. The number of hydrogen-bond donors (Lipinski definition) is 1. The zero-order valence-corrected chi connectivity index (χ0v) is 16.1. The fraction of sp³-hybridized carbons (Fsp3) is 0.286. The van der Waals surface area contributed by atoms with Crippen LogP contribution < -0.4 is 5.32 Å². The third kappa shape index (κ3) is 4.07. The average molecular weight is 379 g/mol. The van der Waals surface area contributed by atoms with Gasteiger partial charge in [-0.1, -0.05) is 24.3 Å². The van der Waals surface area contributed by atoms with Gasteiger partial charge in [0.25, 0.3) is 5.91 Å². The first-order valence-corrected chi connectivity index (χ1v) is 10.0. The molecule has 1 aliphatic heterocycles. The van der Waals surface area contributed by atoms with E-state index in [2.05, 4.69) is 33.6 Å². The van der Waals surface area contributed by atoms with Gasteiger partial charge in [-0.25, -0.2) is 4.98 Å². The van der Waals surface area contributed by atoms with Crippen LogP contribution in [-0.2, 0) is 6.54 Å². The summed E-state index contributed by atoms with van der Waals surface area (Å²) in [6, 6.07) is 13.6. The van der Waals surface area contributed by atoms with Crippen molar-refractivity contribution in [3.05, 3.63) is 76.6 Å². The molecule has 5 nitrogen and oxygen atoms in total. The summed E-state index contributed by atoms with van der Waals surface area (Å²) in [4.78, 5) is 24.0. The van der Waals surface area contributed by atoms with Crippen molar-refractivity contribution >= 4 is 22.4 Å². The molecule has 1 saturated heterocycles. The van der Waals surface area contributed by atoms with Gasteiger partial charge in [0.2, 0.25) is 0 Å². The van der Waals surface area contributed by atoms with Gasteiger partial charge >= 0.3 is 0 Å². The smallest absolute Gasteiger partial charge is 0.257 e. The zero-order valence-electron chi connectivity index (χ0n) is 15.3. The van der Waals surface area contributed by atoms with Crippen molar-refractivity contribution in [2.75, 3.05) is 11.9 Å². The number of carbonyl (C=O) groups is 1. The van der Waals surface area contributed by atoms with Crippen molar-refractivity contribution in [1.82, 2.24) is 14.9 Å².